The summed E-state index contributed by atoms with van der Waals surface area (Å²) in [5.74, 6) is 0. The van der Waals surface area contributed by atoms with Crippen LogP contribution < -0.4 is 0 Å². The molecule has 1 aromatic rings. The van der Waals surface area contributed by atoms with Crippen LogP contribution in [0, 0.1) is 5.41 Å². The molecule has 0 spiro atoms. The molecule has 0 unspecified atom stereocenters. The van der Waals surface area contributed by atoms with Crippen LogP contribution in [0.5, 0.6) is 0 Å². The Labute approximate surface area is 100 Å². The van der Waals surface area contributed by atoms with Crippen molar-refractivity contribution in [3.8, 4) is 0 Å². The summed E-state index contributed by atoms with van der Waals surface area (Å²) in [6.45, 7) is 13.7. The Kier molecular flexibility index (Phi) is 4.55. The maximum Gasteiger partial charge on any atom is 0.0319 e. The lowest BCUT2D eigenvalue weighted by Crippen LogP contribution is -2.34. The van der Waals surface area contributed by atoms with Gasteiger partial charge in [0.25, 0.3) is 0 Å². The molecule has 0 saturated heterocycles. The molecule has 1 aromatic carbocycles. The molecule has 0 amide bonds. The SMILES string of the molecule is CCN(CC(C)(C)C)[C@H](C)c1ccccc1. The minimum atomic E-state index is 0.360. The minimum absolute atomic E-state index is 0.360. The molecule has 1 rings (SSSR count). The molecule has 0 saturated carbocycles. The lowest BCUT2D eigenvalue weighted by atomic mass is 9.94. The number of rotatable bonds is 4. The fourth-order valence-electron chi connectivity index (χ4n) is 2.07. The van der Waals surface area contributed by atoms with Crippen LogP contribution in [0.4, 0.5) is 0 Å². The topological polar surface area (TPSA) is 3.24 Å². The molecule has 0 heterocycles. The van der Waals surface area contributed by atoms with Gasteiger partial charge in [-0.25, -0.2) is 0 Å². The molecule has 0 radical (unpaired) electrons. The van der Waals surface area contributed by atoms with E-state index in [0.29, 0.717) is 11.5 Å². The molecular weight excluding hydrogens is 194 g/mol. The van der Waals surface area contributed by atoms with E-state index in [4.69, 9.17) is 0 Å². The van der Waals surface area contributed by atoms with Gasteiger partial charge in [-0.3, -0.25) is 4.90 Å². The third-order valence-corrected chi connectivity index (χ3v) is 2.91. The standard InChI is InChI=1S/C15H25N/c1-6-16(12-15(3,4)5)13(2)14-10-8-7-9-11-14/h7-11,13H,6,12H2,1-5H3/t13-/m1/s1. The van der Waals surface area contributed by atoms with Crippen LogP contribution in [0.25, 0.3) is 0 Å². The van der Waals surface area contributed by atoms with Gasteiger partial charge in [-0.05, 0) is 24.4 Å². The number of hydrogen-bond acceptors (Lipinski definition) is 1. The van der Waals surface area contributed by atoms with Crippen LogP contribution in [0.1, 0.15) is 46.2 Å². The Morgan fingerprint density at radius 1 is 1.12 bits per heavy atom. The third kappa shape index (κ3) is 3.97. The number of hydrogen-bond donors (Lipinski definition) is 0. The van der Waals surface area contributed by atoms with Crippen molar-refractivity contribution >= 4 is 0 Å². The Bertz CT molecular complexity index is 297. The Morgan fingerprint density at radius 3 is 2.12 bits per heavy atom. The van der Waals surface area contributed by atoms with Crippen molar-refractivity contribution in [1.82, 2.24) is 4.90 Å². The van der Waals surface area contributed by atoms with Gasteiger partial charge in [-0.15, -0.1) is 0 Å². The summed E-state index contributed by atoms with van der Waals surface area (Å²) in [6.07, 6.45) is 0. The normalized spacial score (nSPS) is 14.1. The Morgan fingerprint density at radius 2 is 1.69 bits per heavy atom. The zero-order chi connectivity index (χ0) is 12.2. The lowest BCUT2D eigenvalue weighted by molar-refractivity contribution is 0.154. The molecule has 0 aliphatic rings. The molecule has 0 fully saturated rings. The highest BCUT2D eigenvalue weighted by Gasteiger charge is 2.20. The van der Waals surface area contributed by atoms with Crippen LogP contribution in [0.2, 0.25) is 0 Å². The van der Waals surface area contributed by atoms with E-state index in [2.05, 4.69) is 69.9 Å². The highest BCUT2D eigenvalue weighted by atomic mass is 15.1. The van der Waals surface area contributed by atoms with E-state index < -0.39 is 0 Å². The van der Waals surface area contributed by atoms with Crippen LogP contribution in [-0.2, 0) is 0 Å². The zero-order valence-electron chi connectivity index (χ0n) is 11.3. The molecule has 0 aliphatic carbocycles. The quantitative estimate of drug-likeness (QED) is 0.736. The van der Waals surface area contributed by atoms with Crippen molar-refractivity contribution in [1.29, 1.82) is 0 Å². The predicted molar refractivity (Wildman–Crippen MR) is 71.6 cm³/mol. The van der Waals surface area contributed by atoms with E-state index in [1.54, 1.807) is 0 Å². The summed E-state index contributed by atoms with van der Waals surface area (Å²) in [4.78, 5) is 2.54. The molecule has 0 aromatic heterocycles. The van der Waals surface area contributed by atoms with Crippen LogP contribution in [0.3, 0.4) is 0 Å². The van der Waals surface area contributed by atoms with Gasteiger partial charge in [0.05, 0.1) is 0 Å². The molecule has 0 aliphatic heterocycles. The summed E-state index contributed by atoms with van der Waals surface area (Å²) in [5, 5.41) is 0. The molecule has 1 heteroatoms. The van der Waals surface area contributed by atoms with Crippen molar-refractivity contribution in [3.63, 3.8) is 0 Å². The van der Waals surface area contributed by atoms with E-state index in [9.17, 15) is 0 Å². The molecule has 1 atom stereocenters. The van der Waals surface area contributed by atoms with Gasteiger partial charge >= 0.3 is 0 Å². The largest absolute Gasteiger partial charge is 0.296 e. The van der Waals surface area contributed by atoms with Gasteiger partial charge in [0.15, 0.2) is 0 Å². The Hall–Kier alpha value is -0.820. The van der Waals surface area contributed by atoms with E-state index in [-0.39, 0.29) is 0 Å². The average molecular weight is 219 g/mol. The van der Waals surface area contributed by atoms with Gasteiger partial charge < -0.3 is 0 Å². The molecule has 1 nitrogen and oxygen atoms in total. The molecule has 0 N–H and O–H groups in total. The smallest absolute Gasteiger partial charge is 0.0319 e. The molecule has 90 valence electrons. The van der Waals surface area contributed by atoms with E-state index in [0.717, 1.165) is 13.1 Å². The second-order valence-electron chi connectivity index (χ2n) is 5.71. The van der Waals surface area contributed by atoms with Crippen molar-refractivity contribution in [3.05, 3.63) is 35.9 Å². The summed E-state index contributed by atoms with van der Waals surface area (Å²) in [7, 11) is 0. The second-order valence-corrected chi connectivity index (χ2v) is 5.71. The van der Waals surface area contributed by atoms with Gasteiger partial charge in [0.2, 0.25) is 0 Å². The summed E-state index contributed by atoms with van der Waals surface area (Å²) in [6, 6.07) is 11.3. The van der Waals surface area contributed by atoms with E-state index in [1.807, 2.05) is 0 Å². The fraction of sp³-hybridized carbons (Fsp3) is 0.600. The minimum Gasteiger partial charge on any atom is -0.296 e. The summed E-state index contributed by atoms with van der Waals surface area (Å²) < 4.78 is 0. The summed E-state index contributed by atoms with van der Waals surface area (Å²) >= 11 is 0. The first-order valence-electron chi connectivity index (χ1n) is 6.23. The van der Waals surface area contributed by atoms with Crippen molar-refractivity contribution < 1.29 is 0 Å². The average Bonchev–Trinajstić information content (AvgIpc) is 2.25. The van der Waals surface area contributed by atoms with Crippen molar-refractivity contribution in [2.24, 2.45) is 5.41 Å². The van der Waals surface area contributed by atoms with Crippen molar-refractivity contribution in [2.75, 3.05) is 13.1 Å². The van der Waals surface area contributed by atoms with E-state index >= 15 is 0 Å². The number of nitrogens with zero attached hydrogens (tertiary/aromatic N) is 1. The molecular formula is C15H25N. The summed E-state index contributed by atoms with van der Waals surface area (Å²) in [5.41, 5.74) is 1.77. The van der Waals surface area contributed by atoms with Gasteiger partial charge in [-0.2, -0.15) is 0 Å². The zero-order valence-corrected chi connectivity index (χ0v) is 11.3. The third-order valence-electron chi connectivity index (χ3n) is 2.91. The second kappa shape index (κ2) is 5.49. The van der Waals surface area contributed by atoms with Crippen molar-refractivity contribution in [2.45, 2.75) is 40.7 Å². The lowest BCUT2D eigenvalue weighted by Gasteiger charge is -2.34. The van der Waals surface area contributed by atoms with Gasteiger partial charge in [-0.1, -0.05) is 58.0 Å². The predicted octanol–water partition coefficient (Wildman–Crippen LogP) is 4.12. The van der Waals surface area contributed by atoms with Crippen LogP contribution in [-0.4, -0.2) is 18.0 Å². The highest BCUT2D eigenvalue weighted by Crippen LogP contribution is 2.24. The van der Waals surface area contributed by atoms with E-state index in [1.165, 1.54) is 5.56 Å². The fourth-order valence-corrected chi connectivity index (χ4v) is 2.07. The maximum atomic E-state index is 2.54. The maximum absolute atomic E-state index is 2.54. The highest BCUT2D eigenvalue weighted by molar-refractivity contribution is 5.18. The first kappa shape index (κ1) is 13.2. The van der Waals surface area contributed by atoms with Gasteiger partial charge in [0, 0.05) is 12.6 Å². The molecule has 0 bridgehead atoms. The van der Waals surface area contributed by atoms with Crippen LogP contribution >= 0.6 is 0 Å². The first-order chi connectivity index (χ1) is 7.44. The first-order valence-corrected chi connectivity index (χ1v) is 6.23. The molecule has 16 heavy (non-hydrogen) atoms. The number of benzene rings is 1. The Balaban J connectivity index is 2.74. The van der Waals surface area contributed by atoms with Gasteiger partial charge in [0.1, 0.15) is 0 Å². The monoisotopic (exact) mass is 219 g/mol. The van der Waals surface area contributed by atoms with Crippen LogP contribution in [0.15, 0.2) is 30.3 Å².